The van der Waals surface area contributed by atoms with Gasteiger partial charge in [0.25, 0.3) is 0 Å². The van der Waals surface area contributed by atoms with E-state index in [0.717, 1.165) is 16.9 Å². The largest absolute Gasteiger partial charge is 0.310 e. The zero-order valence-electron chi connectivity index (χ0n) is 13.9. The van der Waals surface area contributed by atoms with E-state index >= 15 is 0 Å². The van der Waals surface area contributed by atoms with Crippen LogP contribution in [0, 0.1) is 12.8 Å². The SMILES string of the molecule is CCC(C)C(C)NS(=O)(=O)c1cc(C)c(CNC(C)C)s1. The second kappa shape index (κ2) is 7.72. The van der Waals surface area contributed by atoms with Crippen molar-refractivity contribution in [1.82, 2.24) is 10.0 Å². The Bertz CT molecular complexity index is 550. The van der Waals surface area contributed by atoms with Gasteiger partial charge in [-0.3, -0.25) is 0 Å². The molecule has 0 spiro atoms. The molecule has 0 aromatic carbocycles. The van der Waals surface area contributed by atoms with Gasteiger partial charge in [-0.15, -0.1) is 11.3 Å². The van der Waals surface area contributed by atoms with Gasteiger partial charge in [-0.25, -0.2) is 13.1 Å². The Hall–Kier alpha value is -0.430. The second-order valence-electron chi connectivity index (χ2n) is 6.00. The van der Waals surface area contributed by atoms with E-state index in [9.17, 15) is 8.42 Å². The minimum Gasteiger partial charge on any atom is -0.310 e. The van der Waals surface area contributed by atoms with Crippen LogP contribution in [0.4, 0.5) is 0 Å². The number of hydrogen-bond acceptors (Lipinski definition) is 4. The molecule has 1 aromatic rings. The molecular weight excluding hydrogens is 304 g/mol. The summed E-state index contributed by atoms with van der Waals surface area (Å²) in [4.78, 5) is 1.08. The zero-order chi connectivity index (χ0) is 16.2. The third-order valence-electron chi connectivity index (χ3n) is 3.77. The number of thiophene rings is 1. The lowest BCUT2D eigenvalue weighted by Crippen LogP contribution is -2.36. The van der Waals surface area contributed by atoms with Crippen LogP contribution in [-0.4, -0.2) is 20.5 Å². The lowest BCUT2D eigenvalue weighted by molar-refractivity contribution is 0.434. The lowest BCUT2D eigenvalue weighted by Gasteiger charge is -2.19. The van der Waals surface area contributed by atoms with Gasteiger partial charge in [0.1, 0.15) is 4.21 Å². The Morgan fingerprint density at radius 3 is 2.38 bits per heavy atom. The zero-order valence-corrected chi connectivity index (χ0v) is 15.5. The molecule has 0 aliphatic carbocycles. The molecule has 6 heteroatoms. The molecule has 0 saturated carbocycles. The highest BCUT2D eigenvalue weighted by Crippen LogP contribution is 2.26. The Kier molecular flexibility index (Phi) is 6.84. The standard InChI is InChI=1S/C15H28N2O2S2/c1-7-11(4)13(6)17-21(18,19)15-8-12(5)14(20-15)9-16-10(2)3/h8,10-11,13,16-17H,7,9H2,1-6H3. The lowest BCUT2D eigenvalue weighted by atomic mass is 10.0. The van der Waals surface area contributed by atoms with Crippen molar-refractivity contribution >= 4 is 21.4 Å². The summed E-state index contributed by atoms with van der Waals surface area (Å²) in [6.45, 7) is 12.9. The first-order chi connectivity index (χ1) is 9.67. The van der Waals surface area contributed by atoms with Crippen molar-refractivity contribution < 1.29 is 8.42 Å². The molecule has 0 fully saturated rings. The van der Waals surface area contributed by atoms with E-state index in [1.807, 2.05) is 13.8 Å². The molecule has 0 saturated heterocycles. The summed E-state index contributed by atoms with van der Waals surface area (Å²) < 4.78 is 28.1. The van der Waals surface area contributed by atoms with E-state index in [1.54, 1.807) is 6.07 Å². The molecule has 1 aromatic heterocycles. The van der Waals surface area contributed by atoms with Crippen LogP contribution >= 0.6 is 11.3 Å². The molecule has 1 rings (SSSR count). The predicted octanol–water partition coefficient (Wildman–Crippen LogP) is 3.27. The summed E-state index contributed by atoms with van der Waals surface area (Å²) >= 11 is 1.36. The average molecular weight is 333 g/mol. The maximum absolute atomic E-state index is 12.4. The molecular formula is C15H28N2O2S2. The smallest absolute Gasteiger partial charge is 0.250 e. The predicted molar refractivity (Wildman–Crippen MR) is 90.3 cm³/mol. The molecule has 1 heterocycles. The molecule has 0 radical (unpaired) electrons. The molecule has 4 nitrogen and oxygen atoms in total. The molecule has 2 N–H and O–H groups in total. The topological polar surface area (TPSA) is 58.2 Å². The third-order valence-corrected chi connectivity index (χ3v) is 7.04. The first-order valence-electron chi connectivity index (χ1n) is 7.52. The van der Waals surface area contributed by atoms with E-state index in [4.69, 9.17) is 0 Å². The number of rotatable bonds is 8. The summed E-state index contributed by atoms with van der Waals surface area (Å²) in [7, 11) is -3.41. The summed E-state index contributed by atoms with van der Waals surface area (Å²) in [6, 6.07) is 2.10. The molecule has 0 bridgehead atoms. The third kappa shape index (κ3) is 5.36. The van der Waals surface area contributed by atoms with Gasteiger partial charge < -0.3 is 5.32 Å². The van der Waals surface area contributed by atoms with Crippen LogP contribution in [0.2, 0.25) is 0 Å². The van der Waals surface area contributed by atoms with Crippen molar-refractivity contribution in [3.63, 3.8) is 0 Å². The van der Waals surface area contributed by atoms with Crippen LogP contribution in [-0.2, 0) is 16.6 Å². The van der Waals surface area contributed by atoms with Crippen LogP contribution < -0.4 is 10.0 Å². The van der Waals surface area contributed by atoms with Crippen LogP contribution in [0.3, 0.4) is 0 Å². The molecule has 2 unspecified atom stereocenters. The molecule has 2 atom stereocenters. The summed E-state index contributed by atoms with van der Waals surface area (Å²) in [6.07, 6.45) is 0.955. The van der Waals surface area contributed by atoms with Crippen molar-refractivity contribution in [2.24, 2.45) is 5.92 Å². The highest BCUT2D eigenvalue weighted by Gasteiger charge is 2.23. The monoisotopic (exact) mass is 332 g/mol. The summed E-state index contributed by atoms with van der Waals surface area (Å²) in [5, 5.41) is 3.33. The van der Waals surface area contributed by atoms with Gasteiger partial charge in [-0.05, 0) is 31.4 Å². The van der Waals surface area contributed by atoms with Gasteiger partial charge in [0.2, 0.25) is 10.0 Å². The molecule has 0 aliphatic heterocycles. The van der Waals surface area contributed by atoms with Crippen LogP contribution in [0.25, 0.3) is 0 Å². The van der Waals surface area contributed by atoms with Crippen molar-refractivity contribution in [2.75, 3.05) is 0 Å². The summed E-state index contributed by atoms with van der Waals surface area (Å²) in [5.74, 6) is 0.322. The Morgan fingerprint density at radius 1 is 1.24 bits per heavy atom. The normalized spacial score (nSPS) is 15.4. The number of sulfonamides is 1. The minimum absolute atomic E-state index is 0.0559. The highest BCUT2D eigenvalue weighted by atomic mass is 32.2. The van der Waals surface area contributed by atoms with Crippen molar-refractivity contribution in [1.29, 1.82) is 0 Å². The van der Waals surface area contributed by atoms with Crippen molar-refractivity contribution in [3.8, 4) is 0 Å². The first kappa shape index (κ1) is 18.6. The van der Waals surface area contributed by atoms with Gasteiger partial charge in [0.15, 0.2) is 0 Å². The van der Waals surface area contributed by atoms with Crippen molar-refractivity contribution in [3.05, 3.63) is 16.5 Å². The van der Waals surface area contributed by atoms with Crippen LogP contribution in [0.5, 0.6) is 0 Å². The molecule has 21 heavy (non-hydrogen) atoms. The second-order valence-corrected chi connectivity index (χ2v) is 9.08. The quantitative estimate of drug-likeness (QED) is 0.768. The molecule has 122 valence electrons. The van der Waals surface area contributed by atoms with Gasteiger partial charge in [0, 0.05) is 23.5 Å². The van der Waals surface area contributed by atoms with Gasteiger partial charge in [-0.2, -0.15) is 0 Å². The Morgan fingerprint density at radius 2 is 1.86 bits per heavy atom. The fourth-order valence-corrected chi connectivity index (χ4v) is 4.77. The van der Waals surface area contributed by atoms with E-state index < -0.39 is 10.0 Å². The van der Waals surface area contributed by atoms with E-state index in [1.165, 1.54) is 11.3 Å². The number of nitrogens with one attached hydrogen (secondary N) is 2. The number of hydrogen-bond donors (Lipinski definition) is 2. The van der Waals surface area contributed by atoms with Gasteiger partial charge in [0.05, 0.1) is 0 Å². The Labute approximate surface area is 133 Å². The maximum atomic E-state index is 12.4. The van der Waals surface area contributed by atoms with E-state index in [2.05, 4.69) is 37.7 Å². The fraction of sp³-hybridized carbons (Fsp3) is 0.733. The maximum Gasteiger partial charge on any atom is 0.250 e. The first-order valence-corrected chi connectivity index (χ1v) is 9.82. The number of aryl methyl sites for hydroxylation is 1. The van der Waals surface area contributed by atoms with Crippen LogP contribution in [0.1, 0.15) is 51.5 Å². The van der Waals surface area contributed by atoms with Crippen LogP contribution in [0.15, 0.2) is 10.3 Å². The van der Waals surface area contributed by atoms with Crippen molar-refractivity contribution in [2.45, 2.75) is 70.8 Å². The average Bonchev–Trinajstić information content (AvgIpc) is 2.77. The molecule has 0 amide bonds. The molecule has 0 aliphatic rings. The highest BCUT2D eigenvalue weighted by molar-refractivity contribution is 7.91. The van der Waals surface area contributed by atoms with Gasteiger partial charge in [-0.1, -0.05) is 34.1 Å². The summed E-state index contributed by atoms with van der Waals surface area (Å²) in [5.41, 5.74) is 1.03. The fourth-order valence-electron chi connectivity index (χ4n) is 1.87. The van der Waals surface area contributed by atoms with Gasteiger partial charge >= 0.3 is 0 Å². The Balaban J connectivity index is 2.87. The minimum atomic E-state index is -3.41. The van der Waals surface area contributed by atoms with E-state index in [-0.39, 0.29) is 6.04 Å². The van der Waals surface area contributed by atoms with E-state index in [0.29, 0.717) is 22.7 Å².